The smallest absolute Gasteiger partial charge is 0.333 e. The lowest BCUT2D eigenvalue weighted by atomic mass is 10.3. The van der Waals surface area contributed by atoms with E-state index in [9.17, 15) is 19.2 Å². The summed E-state index contributed by atoms with van der Waals surface area (Å²) in [7, 11) is 0. The quantitative estimate of drug-likeness (QED) is 0.362. The second-order valence-corrected chi connectivity index (χ2v) is 3.29. The van der Waals surface area contributed by atoms with Crippen molar-refractivity contribution in [3.8, 4) is 0 Å². The normalized spacial score (nSPS) is 9.45. The minimum atomic E-state index is -1.46. The molecule has 110 valence electrons. The fourth-order valence-electron chi connectivity index (χ4n) is 0.890. The molecule has 0 aliphatic rings. The summed E-state index contributed by atoms with van der Waals surface area (Å²) in [6, 6.07) is 0. The first-order chi connectivity index (χ1) is 9.38. The molecule has 0 fully saturated rings. The van der Waals surface area contributed by atoms with Gasteiger partial charge in [0.05, 0.1) is 12.8 Å². The van der Waals surface area contributed by atoms with E-state index in [-0.39, 0.29) is 6.42 Å². The summed E-state index contributed by atoms with van der Waals surface area (Å²) in [5.74, 6) is -3.75. The van der Waals surface area contributed by atoms with Crippen LogP contribution in [0.15, 0.2) is 25.3 Å². The number of esters is 3. The van der Waals surface area contributed by atoms with E-state index in [0.29, 0.717) is 0 Å². The molecule has 0 spiro atoms. The van der Waals surface area contributed by atoms with E-state index in [1.807, 2.05) is 0 Å². The van der Waals surface area contributed by atoms with Crippen molar-refractivity contribution < 1.29 is 38.5 Å². The third kappa shape index (κ3) is 8.45. The fourth-order valence-corrected chi connectivity index (χ4v) is 0.890. The van der Waals surface area contributed by atoms with Gasteiger partial charge in [0.1, 0.15) is 0 Å². The Labute approximate surface area is 114 Å². The first-order valence-corrected chi connectivity index (χ1v) is 5.42. The third-order valence-corrected chi connectivity index (χ3v) is 1.75. The van der Waals surface area contributed by atoms with Crippen LogP contribution in [-0.2, 0) is 33.4 Å². The van der Waals surface area contributed by atoms with E-state index in [2.05, 4.69) is 27.4 Å². The standard InChI is InChI=1S/C12H14O8/c1-3-9(15)19-12(20-10(16)4-2)7-18-11(17)6-5-8(13)14/h3-4,12H,1-2,5-7H2,(H,13,14). The predicted octanol–water partition coefficient (Wildman–Crippen LogP) is 0.179. The van der Waals surface area contributed by atoms with Crippen LogP contribution in [0.25, 0.3) is 0 Å². The van der Waals surface area contributed by atoms with E-state index < -0.39 is 43.2 Å². The Morgan fingerprint density at radius 2 is 1.50 bits per heavy atom. The number of rotatable bonds is 9. The zero-order chi connectivity index (χ0) is 15.5. The second kappa shape index (κ2) is 9.31. The van der Waals surface area contributed by atoms with Crippen molar-refractivity contribution in [2.24, 2.45) is 0 Å². The Morgan fingerprint density at radius 3 is 1.90 bits per heavy atom. The summed E-state index contributed by atoms with van der Waals surface area (Å²) >= 11 is 0. The van der Waals surface area contributed by atoms with Crippen molar-refractivity contribution >= 4 is 23.9 Å². The summed E-state index contributed by atoms with van der Waals surface area (Å²) in [5.41, 5.74) is 0. The average Bonchev–Trinajstić information content (AvgIpc) is 2.41. The molecule has 20 heavy (non-hydrogen) atoms. The number of carboxylic acid groups (broad SMARTS) is 1. The molecule has 0 bridgehead atoms. The third-order valence-electron chi connectivity index (χ3n) is 1.75. The molecule has 8 nitrogen and oxygen atoms in total. The Balaban J connectivity index is 4.33. The number of carbonyl (C=O) groups is 4. The van der Waals surface area contributed by atoms with E-state index in [4.69, 9.17) is 5.11 Å². The molecule has 0 unspecified atom stereocenters. The lowest BCUT2D eigenvalue weighted by Gasteiger charge is -2.16. The van der Waals surface area contributed by atoms with Crippen molar-refractivity contribution in [1.29, 1.82) is 0 Å². The van der Waals surface area contributed by atoms with Gasteiger partial charge >= 0.3 is 23.9 Å². The lowest BCUT2D eigenvalue weighted by molar-refractivity contribution is -0.193. The zero-order valence-corrected chi connectivity index (χ0v) is 10.6. The lowest BCUT2D eigenvalue weighted by Crippen LogP contribution is -2.29. The van der Waals surface area contributed by atoms with Gasteiger partial charge in [0, 0.05) is 12.2 Å². The van der Waals surface area contributed by atoms with Crippen LogP contribution < -0.4 is 0 Å². The molecule has 0 radical (unpaired) electrons. The van der Waals surface area contributed by atoms with Crippen molar-refractivity contribution in [2.75, 3.05) is 6.61 Å². The van der Waals surface area contributed by atoms with Crippen LogP contribution in [0.4, 0.5) is 0 Å². The van der Waals surface area contributed by atoms with Crippen LogP contribution in [0.2, 0.25) is 0 Å². The van der Waals surface area contributed by atoms with Crippen molar-refractivity contribution in [2.45, 2.75) is 19.1 Å². The highest BCUT2D eigenvalue weighted by Crippen LogP contribution is 2.01. The number of ether oxygens (including phenoxy) is 3. The molecule has 0 aliphatic carbocycles. The molecule has 0 heterocycles. The van der Waals surface area contributed by atoms with Crippen LogP contribution in [0, 0.1) is 0 Å². The van der Waals surface area contributed by atoms with Gasteiger partial charge in [0.15, 0.2) is 6.61 Å². The SMILES string of the molecule is C=CC(=O)OC(COC(=O)CCC(=O)O)OC(=O)C=C. The molecular weight excluding hydrogens is 272 g/mol. The highest BCUT2D eigenvalue weighted by Gasteiger charge is 2.19. The van der Waals surface area contributed by atoms with Gasteiger partial charge in [-0.3, -0.25) is 9.59 Å². The largest absolute Gasteiger partial charge is 0.481 e. The molecule has 0 saturated heterocycles. The van der Waals surface area contributed by atoms with Crippen LogP contribution in [0.5, 0.6) is 0 Å². The van der Waals surface area contributed by atoms with Gasteiger partial charge in [-0.1, -0.05) is 13.2 Å². The summed E-state index contributed by atoms with van der Waals surface area (Å²) in [6.07, 6.45) is -0.545. The maximum atomic E-state index is 11.2. The van der Waals surface area contributed by atoms with Gasteiger partial charge in [0.25, 0.3) is 6.29 Å². The summed E-state index contributed by atoms with van der Waals surface area (Å²) in [6.45, 7) is 5.74. The maximum Gasteiger partial charge on any atom is 0.333 e. The molecule has 0 aromatic heterocycles. The molecule has 0 aromatic rings. The first-order valence-electron chi connectivity index (χ1n) is 5.42. The van der Waals surface area contributed by atoms with Crippen LogP contribution >= 0.6 is 0 Å². The number of aliphatic carboxylic acids is 1. The Bertz CT molecular complexity index is 390. The van der Waals surface area contributed by atoms with Gasteiger partial charge in [-0.25, -0.2) is 9.59 Å². The Kier molecular flexibility index (Phi) is 8.08. The molecule has 0 amide bonds. The highest BCUT2D eigenvalue weighted by atomic mass is 16.7. The summed E-state index contributed by atoms with van der Waals surface area (Å²) in [4.78, 5) is 43.3. The maximum absolute atomic E-state index is 11.2. The molecule has 8 heteroatoms. The number of carboxylic acids is 1. The molecule has 0 saturated carbocycles. The summed E-state index contributed by atoms with van der Waals surface area (Å²) < 4.78 is 13.8. The molecule has 0 rings (SSSR count). The van der Waals surface area contributed by atoms with Crippen molar-refractivity contribution in [1.82, 2.24) is 0 Å². The zero-order valence-electron chi connectivity index (χ0n) is 10.6. The number of carbonyl (C=O) groups excluding carboxylic acids is 3. The van der Waals surface area contributed by atoms with E-state index in [1.165, 1.54) is 0 Å². The fraction of sp³-hybridized carbons (Fsp3) is 0.333. The molecule has 0 aliphatic heterocycles. The minimum Gasteiger partial charge on any atom is -0.481 e. The van der Waals surface area contributed by atoms with Gasteiger partial charge in [-0.2, -0.15) is 0 Å². The van der Waals surface area contributed by atoms with Crippen molar-refractivity contribution in [3.63, 3.8) is 0 Å². The minimum absolute atomic E-state index is 0.354. The van der Waals surface area contributed by atoms with Gasteiger partial charge in [-0.15, -0.1) is 0 Å². The molecule has 0 aromatic carbocycles. The van der Waals surface area contributed by atoms with Crippen LogP contribution in [-0.4, -0.2) is 41.9 Å². The average molecular weight is 286 g/mol. The van der Waals surface area contributed by atoms with Crippen LogP contribution in [0.3, 0.4) is 0 Å². The predicted molar refractivity (Wildman–Crippen MR) is 64.2 cm³/mol. The molecule has 0 atom stereocenters. The van der Waals surface area contributed by atoms with E-state index in [1.54, 1.807) is 0 Å². The first kappa shape index (κ1) is 17.4. The van der Waals surface area contributed by atoms with E-state index >= 15 is 0 Å². The second-order valence-electron chi connectivity index (χ2n) is 3.29. The number of hydrogen-bond acceptors (Lipinski definition) is 7. The Morgan fingerprint density at radius 1 is 1.00 bits per heavy atom. The van der Waals surface area contributed by atoms with Gasteiger partial charge in [0.2, 0.25) is 0 Å². The van der Waals surface area contributed by atoms with Crippen molar-refractivity contribution in [3.05, 3.63) is 25.3 Å². The topological polar surface area (TPSA) is 116 Å². The highest BCUT2D eigenvalue weighted by molar-refractivity contribution is 5.83. The number of hydrogen-bond donors (Lipinski definition) is 1. The summed E-state index contributed by atoms with van der Waals surface area (Å²) in [5, 5.41) is 8.37. The van der Waals surface area contributed by atoms with Gasteiger partial charge in [-0.05, 0) is 0 Å². The molecule has 1 N–H and O–H groups in total. The Hall–Kier alpha value is -2.64. The van der Waals surface area contributed by atoms with Crippen LogP contribution in [0.1, 0.15) is 12.8 Å². The van der Waals surface area contributed by atoms with Gasteiger partial charge < -0.3 is 19.3 Å². The molecular formula is C12H14O8. The van der Waals surface area contributed by atoms with E-state index in [0.717, 1.165) is 12.2 Å². The monoisotopic (exact) mass is 286 g/mol.